The molecular formula is C18H24N2O3. The van der Waals surface area contributed by atoms with Crippen LogP contribution in [-0.4, -0.2) is 43.0 Å². The van der Waals surface area contributed by atoms with E-state index in [-0.39, 0.29) is 17.9 Å². The Bertz CT molecular complexity index is 579. The fraction of sp³-hybridized carbons (Fsp3) is 0.556. The number of para-hydroxylation sites is 1. The third kappa shape index (κ3) is 3.66. The summed E-state index contributed by atoms with van der Waals surface area (Å²) < 4.78 is 5.42. The molecule has 124 valence electrons. The number of methoxy groups -OCH3 is 1. The number of nitrogens with one attached hydrogen (secondary N) is 1. The van der Waals surface area contributed by atoms with Crippen molar-refractivity contribution in [1.29, 1.82) is 0 Å². The summed E-state index contributed by atoms with van der Waals surface area (Å²) in [7, 11) is 1.70. The first-order chi connectivity index (χ1) is 11.2. The summed E-state index contributed by atoms with van der Waals surface area (Å²) in [6.07, 6.45) is 4.11. The first-order valence-corrected chi connectivity index (χ1v) is 8.37. The Labute approximate surface area is 137 Å². The Morgan fingerprint density at radius 1 is 1.26 bits per heavy atom. The van der Waals surface area contributed by atoms with Crippen molar-refractivity contribution in [2.45, 2.75) is 38.1 Å². The van der Waals surface area contributed by atoms with Crippen LogP contribution in [0.25, 0.3) is 0 Å². The van der Waals surface area contributed by atoms with E-state index in [1.54, 1.807) is 7.11 Å². The van der Waals surface area contributed by atoms with E-state index < -0.39 is 0 Å². The summed E-state index contributed by atoms with van der Waals surface area (Å²) in [6.45, 7) is 1.57. The van der Waals surface area contributed by atoms with Crippen molar-refractivity contribution in [2.75, 3.05) is 20.2 Å². The molecule has 5 heteroatoms. The highest BCUT2D eigenvalue weighted by atomic mass is 16.5. The second-order valence-electron chi connectivity index (χ2n) is 6.44. The summed E-state index contributed by atoms with van der Waals surface area (Å²) in [6, 6.07) is 7.84. The van der Waals surface area contributed by atoms with Crippen LogP contribution in [0.3, 0.4) is 0 Å². The van der Waals surface area contributed by atoms with Crippen molar-refractivity contribution in [1.82, 2.24) is 10.2 Å². The first-order valence-electron chi connectivity index (χ1n) is 8.37. The molecule has 2 saturated heterocycles. The number of ether oxygens (including phenoxy) is 1. The number of nitrogens with zero attached hydrogens (tertiary/aromatic N) is 1. The molecule has 1 aromatic rings. The van der Waals surface area contributed by atoms with Gasteiger partial charge < -0.3 is 15.0 Å². The lowest BCUT2D eigenvalue weighted by atomic mass is 9.89. The van der Waals surface area contributed by atoms with Gasteiger partial charge >= 0.3 is 0 Å². The lowest BCUT2D eigenvalue weighted by molar-refractivity contribution is -0.135. The third-order valence-corrected chi connectivity index (χ3v) is 4.92. The molecule has 5 nitrogen and oxygen atoms in total. The molecule has 2 aliphatic heterocycles. The fourth-order valence-electron chi connectivity index (χ4n) is 3.56. The molecule has 2 heterocycles. The molecule has 3 rings (SSSR count). The van der Waals surface area contributed by atoms with Crippen LogP contribution in [0, 0.1) is 5.92 Å². The minimum absolute atomic E-state index is 0.00518. The van der Waals surface area contributed by atoms with Crippen LogP contribution in [0.15, 0.2) is 24.3 Å². The number of hydrogen-bond acceptors (Lipinski definition) is 3. The van der Waals surface area contributed by atoms with Gasteiger partial charge in [-0.2, -0.15) is 0 Å². The van der Waals surface area contributed by atoms with E-state index in [0.717, 1.165) is 38.1 Å². The summed E-state index contributed by atoms with van der Waals surface area (Å²) in [5.41, 5.74) is 1.24. The Kier molecular flexibility index (Phi) is 4.84. The average molecular weight is 316 g/mol. The van der Waals surface area contributed by atoms with Gasteiger partial charge in [0.2, 0.25) is 11.8 Å². The summed E-state index contributed by atoms with van der Waals surface area (Å²) in [5.74, 6) is 1.61. The van der Waals surface area contributed by atoms with Crippen molar-refractivity contribution in [3.05, 3.63) is 29.8 Å². The predicted octanol–water partition coefficient (Wildman–Crippen LogP) is 1.75. The van der Waals surface area contributed by atoms with Crippen molar-refractivity contribution >= 4 is 11.8 Å². The zero-order valence-corrected chi connectivity index (χ0v) is 13.6. The Hall–Kier alpha value is -2.04. The third-order valence-electron chi connectivity index (χ3n) is 4.92. The van der Waals surface area contributed by atoms with Gasteiger partial charge in [-0.05, 0) is 43.2 Å². The number of hydrogen-bond donors (Lipinski definition) is 1. The zero-order chi connectivity index (χ0) is 16.2. The maximum atomic E-state index is 12.4. The fourth-order valence-corrected chi connectivity index (χ4v) is 3.56. The largest absolute Gasteiger partial charge is 0.496 e. The van der Waals surface area contributed by atoms with Crippen molar-refractivity contribution < 1.29 is 14.3 Å². The van der Waals surface area contributed by atoms with E-state index >= 15 is 0 Å². The van der Waals surface area contributed by atoms with Gasteiger partial charge in [-0.3, -0.25) is 9.59 Å². The molecule has 0 unspecified atom stereocenters. The van der Waals surface area contributed by atoms with Crippen LogP contribution in [0.1, 0.15) is 31.2 Å². The number of rotatable bonds is 4. The summed E-state index contributed by atoms with van der Waals surface area (Å²) in [4.78, 5) is 25.6. The predicted molar refractivity (Wildman–Crippen MR) is 87.2 cm³/mol. The van der Waals surface area contributed by atoms with E-state index in [9.17, 15) is 9.59 Å². The molecule has 0 aromatic heterocycles. The molecule has 23 heavy (non-hydrogen) atoms. The van der Waals surface area contributed by atoms with Crippen LogP contribution < -0.4 is 10.1 Å². The lowest BCUT2D eigenvalue weighted by Crippen LogP contribution is -2.47. The second kappa shape index (κ2) is 7.02. The standard InChI is InChI=1S/C18H24N2O3/c1-23-16-5-3-2-4-14(16)12-13-8-10-20(11-9-13)18(22)15-6-7-17(21)19-15/h2-5,13,15H,6-12H2,1H3,(H,19,21)/t15-/m1/s1. The highest BCUT2D eigenvalue weighted by Gasteiger charge is 2.32. The maximum Gasteiger partial charge on any atom is 0.245 e. The van der Waals surface area contributed by atoms with E-state index in [0.29, 0.717) is 18.8 Å². The van der Waals surface area contributed by atoms with Crippen LogP contribution in [-0.2, 0) is 16.0 Å². The number of benzene rings is 1. The molecule has 0 aliphatic carbocycles. The van der Waals surface area contributed by atoms with Gasteiger partial charge in [-0.1, -0.05) is 18.2 Å². The number of piperidine rings is 1. The molecule has 1 aromatic carbocycles. The SMILES string of the molecule is COc1ccccc1CC1CCN(C(=O)[C@H]2CCC(=O)N2)CC1. The maximum absolute atomic E-state index is 12.4. The summed E-state index contributed by atoms with van der Waals surface area (Å²) in [5, 5.41) is 2.77. The van der Waals surface area contributed by atoms with Gasteiger partial charge in [0.1, 0.15) is 11.8 Å². The van der Waals surface area contributed by atoms with Crippen molar-refractivity contribution in [3.8, 4) is 5.75 Å². The molecule has 1 N–H and O–H groups in total. The van der Waals surface area contributed by atoms with Crippen LogP contribution in [0.5, 0.6) is 5.75 Å². The van der Waals surface area contributed by atoms with Gasteiger partial charge in [0.25, 0.3) is 0 Å². The molecule has 0 spiro atoms. The number of carbonyl (C=O) groups excluding carboxylic acids is 2. The normalized spacial score (nSPS) is 22.0. The molecule has 0 saturated carbocycles. The van der Waals surface area contributed by atoms with Gasteiger partial charge in [0.15, 0.2) is 0 Å². The molecule has 0 bridgehead atoms. The van der Waals surface area contributed by atoms with Gasteiger partial charge in [0, 0.05) is 19.5 Å². The highest BCUT2D eigenvalue weighted by Crippen LogP contribution is 2.27. The lowest BCUT2D eigenvalue weighted by Gasteiger charge is -2.33. The van der Waals surface area contributed by atoms with Crippen LogP contribution in [0.2, 0.25) is 0 Å². The van der Waals surface area contributed by atoms with Crippen LogP contribution >= 0.6 is 0 Å². The zero-order valence-electron chi connectivity index (χ0n) is 13.6. The van der Waals surface area contributed by atoms with Gasteiger partial charge in [-0.15, -0.1) is 0 Å². The molecule has 0 radical (unpaired) electrons. The molecule has 2 aliphatic rings. The van der Waals surface area contributed by atoms with Gasteiger partial charge in [-0.25, -0.2) is 0 Å². The molecule has 1 atom stereocenters. The number of amides is 2. The summed E-state index contributed by atoms with van der Waals surface area (Å²) >= 11 is 0. The van der Waals surface area contributed by atoms with E-state index in [1.165, 1.54) is 5.56 Å². The minimum Gasteiger partial charge on any atom is -0.496 e. The Morgan fingerprint density at radius 2 is 2.00 bits per heavy atom. The molecule has 2 fully saturated rings. The van der Waals surface area contributed by atoms with Gasteiger partial charge in [0.05, 0.1) is 7.11 Å². The van der Waals surface area contributed by atoms with E-state index in [4.69, 9.17) is 4.74 Å². The molecular weight excluding hydrogens is 292 g/mol. The second-order valence-corrected chi connectivity index (χ2v) is 6.44. The monoisotopic (exact) mass is 316 g/mol. The average Bonchev–Trinajstić information content (AvgIpc) is 3.02. The topological polar surface area (TPSA) is 58.6 Å². The van der Waals surface area contributed by atoms with Crippen molar-refractivity contribution in [3.63, 3.8) is 0 Å². The minimum atomic E-state index is -0.298. The first kappa shape index (κ1) is 15.8. The molecule has 2 amide bonds. The number of likely N-dealkylation sites (tertiary alicyclic amines) is 1. The number of carbonyl (C=O) groups is 2. The van der Waals surface area contributed by atoms with Crippen LogP contribution in [0.4, 0.5) is 0 Å². The quantitative estimate of drug-likeness (QED) is 0.921. The van der Waals surface area contributed by atoms with Crippen molar-refractivity contribution in [2.24, 2.45) is 5.92 Å². The Balaban J connectivity index is 1.52. The Morgan fingerprint density at radius 3 is 2.65 bits per heavy atom. The smallest absolute Gasteiger partial charge is 0.245 e. The van der Waals surface area contributed by atoms with E-state index in [2.05, 4.69) is 11.4 Å². The highest BCUT2D eigenvalue weighted by molar-refractivity contribution is 5.90. The van der Waals surface area contributed by atoms with E-state index in [1.807, 2.05) is 23.1 Å².